The average Bonchev–Trinajstić information content (AvgIpc) is 1.48. The van der Waals surface area contributed by atoms with Crippen molar-refractivity contribution in [3.05, 3.63) is 141 Å². The van der Waals surface area contributed by atoms with Gasteiger partial charge in [-0.1, -0.05) is 144 Å². The number of hydrogen-bond acceptors (Lipinski definition) is 40. The summed E-state index contributed by atoms with van der Waals surface area (Å²) in [4.78, 5) is 34.3. The van der Waals surface area contributed by atoms with Crippen molar-refractivity contribution >= 4 is 115 Å². The summed E-state index contributed by atoms with van der Waals surface area (Å²) < 4.78 is 428. The van der Waals surface area contributed by atoms with Crippen LogP contribution in [-0.2, 0) is 18.9 Å². The monoisotopic (exact) mass is 2120 g/mol. The number of anilines is 4. The number of ether oxygens (including phenoxy) is 4. The number of nitrogens with one attached hydrogen (secondary N) is 4. The maximum absolute atomic E-state index is 14.3. The Balaban J connectivity index is 0.000000163. The maximum atomic E-state index is 14.3. The molecule has 8 fully saturated rings. The molecule has 48 heteroatoms. The molecule has 12 aromatic rings. The number of aliphatic hydroxyl groups is 12. The van der Waals surface area contributed by atoms with Crippen molar-refractivity contribution in [2.45, 2.75) is 298 Å². The summed E-state index contributed by atoms with van der Waals surface area (Å²) in [6.45, 7) is -6.17. The van der Waals surface area contributed by atoms with E-state index in [1.165, 1.54) is 36.4 Å². The van der Waals surface area contributed by atoms with Gasteiger partial charge in [0.2, 0.25) is 0 Å². The predicted molar refractivity (Wildman–Crippen MR) is 530 cm³/mol. The smallest absolute Gasteiger partial charge is 0.191 e. The largest absolute Gasteiger partial charge is 0.394 e. The van der Waals surface area contributed by atoms with Gasteiger partial charge in [-0.05, 0) is 148 Å². The molecule has 40 nitrogen and oxygen atoms in total. The molecular weight excluding hydrogens is 1950 g/mol. The van der Waals surface area contributed by atoms with Gasteiger partial charge < -0.3 is 101 Å². The van der Waals surface area contributed by atoms with Gasteiger partial charge in [-0.3, -0.25) is 0 Å². The van der Waals surface area contributed by atoms with E-state index in [2.05, 4.69) is 107 Å². The molecule has 0 spiro atoms. The summed E-state index contributed by atoms with van der Waals surface area (Å²) in [5.74, 6) is -3.90. The standard InChI is InChI=1S/4C24H31FN6O4S/c4*1-3-8-36-24-27-22(26-16-10-14(16)13-5-4-12(2)15(25)9-13)19-23(28-24)31(30-29-19)17-11-18(35-7-6-32)21(34)20(17)33/h4*4-5,9,14,16-18,20-21,32-34H,3,6-8,10-11H2,1-2H3,(H,26,27,28)/t4*14-,16+,17+,18-,20-,21+/m0000/s1/i3D2,6D2,7D2,8D2,11D2,17D,18D,20D,21D;7D2,10D2,11D2,17D,18D,20D,21D;6D2,10D2,11D2,17D,18D,20D,21D;10D2,11D2,17D,18D,20D,21D. The van der Waals surface area contributed by atoms with Crippen molar-refractivity contribution in [2.24, 2.45) is 0 Å². The van der Waals surface area contributed by atoms with Crippen molar-refractivity contribution < 1.29 is 155 Å². The highest BCUT2D eigenvalue weighted by molar-refractivity contribution is 7.99. The molecule has 8 aliphatic rings. The lowest BCUT2D eigenvalue weighted by molar-refractivity contribution is -0.0629. The van der Waals surface area contributed by atoms with Crippen LogP contribution >= 0.6 is 47.0 Å². The molecule has 0 unspecified atom stereocenters. The third-order valence-electron chi connectivity index (χ3n) is 22.2. The fraction of sp³-hybridized carbons (Fsp3) is 0.583. The van der Waals surface area contributed by atoms with Crippen molar-refractivity contribution in [3.63, 3.8) is 0 Å². The van der Waals surface area contributed by atoms with Crippen LogP contribution in [-0.4, -0.2) is 334 Å². The third-order valence-corrected chi connectivity index (χ3v) is 26.0. The van der Waals surface area contributed by atoms with Crippen LogP contribution in [0.4, 0.5) is 40.8 Å². The number of fused-ring (bicyclic) bond motifs is 4. The lowest BCUT2D eigenvalue weighted by atomic mass is 10.1. The summed E-state index contributed by atoms with van der Waals surface area (Å²) in [5, 5.41) is 168. The zero-order valence-electron chi connectivity index (χ0n) is 119. The number of aliphatic hydroxyl groups excluding tert-OH is 2. The van der Waals surface area contributed by atoms with Crippen LogP contribution in [0.3, 0.4) is 0 Å². The number of aromatic nitrogens is 20. The third kappa shape index (κ3) is 23.8. The quantitative estimate of drug-likeness (QED) is 0.00969. The van der Waals surface area contributed by atoms with E-state index in [9.17, 15) is 78.8 Å². The molecule has 776 valence electrons. The van der Waals surface area contributed by atoms with E-state index < -0.39 is 305 Å². The number of hydrogen-bond donors (Lipinski definition) is 16. The summed E-state index contributed by atoms with van der Waals surface area (Å²) >= 11 is 3.49. The molecule has 8 heterocycles. The van der Waals surface area contributed by atoms with Crippen molar-refractivity contribution in [3.8, 4) is 0 Å². The Morgan fingerprint density at radius 2 is 0.667 bits per heavy atom. The van der Waals surface area contributed by atoms with Crippen molar-refractivity contribution in [1.82, 2.24) is 99.8 Å². The lowest BCUT2D eigenvalue weighted by Gasteiger charge is -2.17. The molecule has 16 N–H and O–H groups in total. The number of nitrogens with zero attached hydrogens (tertiary/aromatic N) is 20. The zero-order chi connectivity index (χ0) is 140. The van der Waals surface area contributed by atoms with E-state index in [0.29, 0.717) is 96.8 Å². The van der Waals surface area contributed by atoms with Crippen LogP contribution < -0.4 is 21.3 Å². The van der Waals surface area contributed by atoms with E-state index in [4.69, 9.17) is 71.8 Å². The zero-order valence-corrected chi connectivity index (χ0v) is 80.2. The highest BCUT2D eigenvalue weighted by Gasteiger charge is 2.51. The van der Waals surface area contributed by atoms with E-state index in [1.807, 2.05) is 20.8 Å². The number of halogens is 4. The molecule has 8 saturated carbocycles. The van der Waals surface area contributed by atoms with Crippen molar-refractivity contribution in [1.29, 1.82) is 0 Å². The number of aryl methyl sites for hydroxylation is 4. The Labute approximate surface area is 902 Å². The molecule has 20 rings (SSSR count). The van der Waals surface area contributed by atoms with Crippen LogP contribution in [0, 0.1) is 51.0 Å². The molecule has 0 amide bonds. The Morgan fingerprint density at radius 1 is 0.368 bits per heavy atom. The average molecular weight is 2120 g/mol. The Kier molecular flexibility index (Phi) is 21.3. The second-order valence-corrected chi connectivity index (χ2v) is 36.2. The van der Waals surface area contributed by atoms with Crippen LogP contribution in [0.1, 0.15) is 254 Å². The molecule has 8 aliphatic carbocycles. The minimum absolute atomic E-state index is 0.00165. The second kappa shape index (κ2) is 47.3. The lowest BCUT2D eigenvalue weighted by Crippen LogP contribution is -2.33. The summed E-state index contributed by atoms with van der Waals surface area (Å²) in [6.07, 6.45) is -68.8. The fourth-order valence-electron chi connectivity index (χ4n) is 14.5. The minimum atomic E-state index is -4.35. The van der Waals surface area contributed by atoms with Gasteiger partial charge in [-0.2, -0.15) is 0 Å². The molecule has 8 aromatic heterocycles. The van der Waals surface area contributed by atoms with Crippen molar-refractivity contribution in [2.75, 3.05) is 96.9 Å². The molecule has 144 heavy (non-hydrogen) atoms. The van der Waals surface area contributed by atoms with Gasteiger partial charge in [0.25, 0.3) is 0 Å². The van der Waals surface area contributed by atoms with Crippen LogP contribution in [0.2, 0.25) is 0 Å². The Bertz CT molecular complexity index is 8760. The molecule has 0 saturated heterocycles. The first-order valence-corrected chi connectivity index (χ1v) is 47.9. The predicted octanol–water partition coefficient (Wildman–Crippen LogP) is 8.73. The van der Waals surface area contributed by atoms with E-state index in [-0.39, 0.29) is 82.3 Å². The molecule has 0 bridgehead atoms. The maximum Gasteiger partial charge on any atom is 0.191 e. The molecule has 0 radical (unpaired) electrons. The minimum Gasteiger partial charge on any atom is -0.394 e. The second-order valence-electron chi connectivity index (χ2n) is 32.3. The van der Waals surface area contributed by atoms with Crippen LogP contribution in [0.5, 0.6) is 0 Å². The molecular formula is C96H124F4N24O16S4. The van der Waals surface area contributed by atoms with E-state index in [1.54, 1.807) is 64.1 Å². The fourth-order valence-corrected chi connectivity index (χ4v) is 17.1. The van der Waals surface area contributed by atoms with E-state index >= 15 is 0 Å². The highest BCUT2D eigenvalue weighted by atomic mass is 32.2. The van der Waals surface area contributed by atoms with Gasteiger partial charge in [-0.25, -0.2) is 76.2 Å². The Morgan fingerprint density at radius 3 is 0.958 bits per heavy atom. The van der Waals surface area contributed by atoms with Gasteiger partial charge in [0.15, 0.2) is 88.6 Å². The first kappa shape index (κ1) is 64.7. The van der Waals surface area contributed by atoms with Gasteiger partial charge >= 0.3 is 0 Å². The number of rotatable bonds is 40. The van der Waals surface area contributed by atoms with Gasteiger partial charge in [0, 0.05) is 121 Å². The molecule has 24 atom stereocenters. The summed E-state index contributed by atoms with van der Waals surface area (Å²) in [5.41, 5.74) is -2.90. The highest BCUT2D eigenvalue weighted by Crippen LogP contribution is 2.50. The van der Waals surface area contributed by atoms with E-state index in [0.717, 1.165) is 42.2 Å². The van der Waals surface area contributed by atoms with Gasteiger partial charge in [0.1, 0.15) is 71.9 Å². The summed E-state index contributed by atoms with van der Waals surface area (Å²) in [7, 11) is 0. The first-order valence-electron chi connectivity index (χ1n) is 65.1. The van der Waals surface area contributed by atoms with Crippen LogP contribution in [0.25, 0.3) is 44.7 Å². The van der Waals surface area contributed by atoms with Gasteiger partial charge in [-0.15, -0.1) is 20.4 Å². The Hall–Kier alpha value is -9.52. The van der Waals surface area contributed by atoms with Crippen LogP contribution in [0.15, 0.2) is 93.4 Å². The number of thioether (sulfide) groups is 4. The topological polar surface area (TPSA) is 554 Å². The normalized spacial score (nSPS) is 43.1. The SMILES string of the molecule is [2H]C([2H])(C)C([2H])([2H])Sc1nc(N[C@@H]2C[C@H]2c2ccc(C)c(F)c2)c2nnn([C@]3([2H])C([2H])([2H])[C@]([2H])(OC([2H])([2H])C([2H])([2H])O)[C@@]([2H])(O)[C@@]3([2H])O)c2n1.[2H]C([2H])(CO)O[C@@]1([2H])C([2H])([2H])[C@@]([2H])(n2nnc3c(N[C@H]4[C@H](c5ccc(C)c(F)c5)C4([2H])[2H])nc(SCCC)nc32)[C@]([2H])(O)[C@]1([2H])O.[2H]C([2H])(O)CO[C@@]1([2H])C([2H])([2H])[C@@]([2H])(n2nnc3c(N[C@H]4[C@H](c5ccc(C)c(F)c5)C4([2H])[2H])nc(SCCC)nc32)[C@]([2H])(O)[C@]1([2H])O.[2H]C1([2H])[C@@H](Nc2nc(SCCC)nc3c2nnn3[C@]2([2H])C([2H])([2H])[C@]([2H])(OCCO)[C@@]([2H])(O)[C@@]2([2H])O)[C@@H]1c1ccc(C)c(F)c1. The summed E-state index contributed by atoms with van der Waals surface area (Å²) in [6, 6.07) is -0.380. The number of benzene rings is 4. The first-order chi connectivity index (χ1) is 84.8. The molecule has 0 aliphatic heterocycles. The van der Waals surface area contributed by atoms with Gasteiger partial charge in [0.05, 0.1) is 134 Å². The molecule has 4 aromatic carbocycles.